The summed E-state index contributed by atoms with van der Waals surface area (Å²) in [6.07, 6.45) is -1.18. The Kier molecular flexibility index (Phi) is 2.51. The highest BCUT2D eigenvalue weighted by atomic mass is 19.1. The minimum atomic E-state index is -1.18. The number of carboxylic acids is 1. The summed E-state index contributed by atoms with van der Waals surface area (Å²) < 4.78 is 12.8. The van der Waals surface area contributed by atoms with E-state index in [1.165, 1.54) is 25.1 Å². The number of anilines is 1. The number of nitrogens with two attached hydrogens (primary N) is 1. The van der Waals surface area contributed by atoms with E-state index in [4.69, 9.17) is 10.8 Å². The van der Waals surface area contributed by atoms with Gasteiger partial charge >= 0.3 is 5.97 Å². The summed E-state index contributed by atoms with van der Waals surface area (Å²) in [6.45, 7) is 1.35. The fraction of sp³-hybridized carbons (Fsp3) is 0.222. The molecule has 0 amide bonds. The van der Waals surface area contributed by atoms with Gasteiger partial charge in [-0.3, -0.25) is 0 Å². The van der Waals surface area contributed by atoms with Crippen LogP contribution in [0.4, 0.5) is 10.1 Å². The van der Waals surface area contributed by atoms with Crippen molar-refractivity contribution in [1.29, 1.82) is 0 Å². The zero-order chi connectivity index (χ0) is 10.0. The Balaban J connectivity index is 3.13. The van der Waals surface area contributed by atoms with Crippen molar-refractivity contribution in [1.82, 2.24) is 0 Å². The molecule has 70 valence electrons. The van der Waals surface area contributed by atoms with E-state index >= 15 is 0 Å². The summed E-state index contributed by atoms with van der Waals surface area (Å²) in [5, 5.41) is 8.59. The molecule has 0 saturated carbocycles. The van der Waals surface area contributed by atoms with E-state index in [0.29, 0.717) is 5.56 Å². The maximum Gasteiger partial charge on any atom is 0.335 e. The minimum Gasteiger partial charge on any atom is -0.478 e. The molecule has 1 unspecified atom stereocenters. The molecule has 0 fully saturated rings. The molecular formula is C9H10FNO2. The smallest absolute Gasteiger partial charge is 0.335 e. The van der Waals surface area contributed by atoms with E-state index < -0.39 is 12.1 Å². The maximum absolute atomic E-state index is 12.8. The molecule has 3 nitrogen and oxygen atoms in total. The van der Waals surface area contributed by atoms with Gasteiger partial charge in [0.15, 0.2) is 0 Å². The Morgan fingerprint density at radius 2 is 2.23 bits per heavy atom. The van der Waals surface area contributed by atoms with Crippen LogP contribution in [0.5, 0.6) is 0 Å². The van der Waals surface area contributed by atoms with Crippen molar-refractivity contribution in [2.24, 2.45) is 0 Å². The molecule has 0 aliphatic rings. The molecule has 1 atom stereocenters. The second kappa shape index (κ2) is 3.43. The molecule has 0 aliphatic carbocycles. The fourth-order valence-electron chi connectivity index (χ4n) is 1.07. The SMILES string of the molecule is CC(F)c1ccc(C(=O)O)cc1N. The number of hydrogen-bond donors (Lipinski definition) is 2. The van der Waals surface area contributed by atoms with Crippen LogP contribution in [0.2, 0.25) is 0 Å². The Bertz CT molecular complexity index is 336. The molecule has 0 bridgehead atoms. The number of carboxylic acid groups (broad SMARTS) is 1. The lowest BCUT2D eigenvalue weighted by Crippen LogP contribution is -2.01. The average molecular weight is 183 g/mol. The zero-order valence-corrected chi connectivity index (χ0v) is 7.12. The summed E-state index contributed by atoms with van der Waals surface area (Å²) in [5.41, 5.74) is 6.03. The first-order chi connectivity index (χ1) is 6.02. The Morgan fingerprint density at radius 3 is 2.62 bits per heavy atom. The van der Waals surface area contributed by atoms with Crippen LogP contribution in [0.1, 0.15) is 29.0 Å². The second-order valence-corrected chi connectivity index (χ2v) is 2.76. The van der Waals surface area contributed by atoms with Gasteiger partial charge in [-0.15, -0.1) is 0 Å². The van der Waals surface area contributed by atoms with Crippen molar-refractivity contribution < 1.29 is 14.3 Å². The summed E-state index contributed by atoms with van der Waals surface area (Å²) in [4.78, 5) is 10.5. The van der Waals surface area contributed by atoms with E-state index in [1.807, 2.05) is 0 Å². The molecule has 3 N–H and O–H groups in total. The third kappa shape index (κ3) is 1.96. The van der Waals surface area contributed by atoms with Crippen molar-refractivity contribution >= 4 is 11.7 Å². The van der Waals surface area contributed by atoms with Gasteiger partial charge < -0.3 is 10.8 Å². The molecule has 0 aromatic heterocycles. The van der Waals surface area contributed by atoms with Crippen LogP contribution in [0, 0.1) is 0 Å². The minimum absolute atomic E-state index is 0.0712. The number of rotatable bonds is 2. The molecule has 1 rings (SSSR count). The number of nitrogen functional groups attached to an aromatic ring is 1. The standard InChI is InChI=1S/C9H10FNO2/c1-5(10)7-3-2-6(9(12)13)4-8(7)11/h2-5H,11H2,1H3,(H,12,13). The number of carbonyl (C=O) groups is 1. The monoisotopic (exact) mass is 183 g/mol. The van der Waals surface area contributed by atoms with Crippen LogP contribution in [-0.2, 0) is 0 Å². The van der Waals surface area contributed by atoms with Gasteiger partial charge in [0.05, 0.1) is 5.56 Å². The van der Waals surface area contributed by atoms with Gasteiger partial charge in [0.1, 0.15) is 6.17 Å². The van der Waals surface area contributed by atoms with Gasteiger partial charge in [0.2, 0.25) is 0 Å². The third-order valence-electron chi connectivity index (χ3n) is 1.76. The molecular weight excluding hydrogens is 173 g/mol. The lowest BCUT2D eigenvalue weighted by Gasteiger charge is -2.06. The number of benzene rings is 1. The predicted octanol–water partition coefficient (Wildman–Crippen LogP) is 2.00. The molecule has 1 aromatic rings. The number of alkyl halides is 1. The zero-order valence-electron chi connectivity index (χ0n) is 7.12. The van der Waals surface area contributed by atoms with Crippen LogP contribution >= 0.6 is 0 Å². The van der Waals surface area contributed by atoms with Gasteiger partial charge in [-0.2, -0.15) is 0 Å². The first-order valence-electron chi connectivity index (χ1n) is 3.79. The van der Waals surface area contributed by atoms with E-state index in [2.05, 4.69) is 0 Å². The maximum atomic E-state index is 12.8. The Hall–Kier alpha value is -1.58. The molecule has 0 radical (unpaired) electrons. The van der Waals surface area contributed by atoms with Crippen molar-refractivity contribution in [3.63, 3.8) is 0 Å². The Labute approximate surface area is 75.0 Å². The summed E-state index contributed by atoms with van der Waals surface area (Å²) in [5.74, 6) is -1.07. The normalized spacial score (nSPS) is 12.5. The lowest BCUT2D eigenvalue weighted by atomic mass is 10.1. The van der Waals surface area contributed by atoms with Crippen LogP contribution < -0.4 is 5.73 Å². The fourth-order valence-corrected chi connectivity index (χ4v) is 1.07. The van der Waals surface area contributed by atoms with Gasteiger partial charge in [0.25, 0.3) is 0 Å². The van der Waals surface area contributed by atoms with Gasteiger partial charge in [-0.1, -0.05) is 6.07 Å². The van der Waals surface area contributed by atoms with Gasteiger partial charge in [0, 0.05) is 11.3 Å². The molecule has 1 aromatic carbocycles. The number of aromatic carboxylic acids is 1. The van der Waals surface area contributed by atoms with E-state index in [0.717, 1.165) is 0 Å². The highest BCUT2D eigenvalue weighted by Crippen LogP contribution is 2.23. The van der Waals surface area contributed by atoms with Crippen molar-refractivity contribution in [3.8, 4) is 0 Å². The largest absolute Gasteiger partial charge is 0.478 e. The molecule has 0 spiro atoms. The van der Waals surface area contributed by atoms with Crippen molar-refractivity contribution in [2.45, 2.75) is 13.1 Å². The number of hydrogen-bond acceptors (Lipinski definition) is 2. The van der Waals surface area contributed by atoms with Gasteiger partial charge in [-0.25, -0.2) is 9.18 Å². The van der Waals surface area contributed by atoms with E-state index in [1.54, 1.807) is 0 Å². The summed E-state index contributed by atoms with van der Waals surface area (Å²) >= 11 is 0. The highest BCUT2D eigenvalue weighted by Gasteiger charge is 2.10. The van der Waals surface area contributed by atoms with Crippen LogP contribution in [0.15, 0.2) is 18.2 Å². The first-order valence-corrected chi connectivity index (χ1v) is 3.79. The quantitative estimate of drug-likeness (QED) is 0.689. The van der Waals surface area contributed by atoms with Crippen LogP contribution in [-0.4, -0.2) is 11.1 Å². The van der Waals surface area contributed by atoms with Gasteiger partial charge in [-0.05, 0) is 19.1 Å². The van der Waals surface area contributed by atoms with Crippen molar-refractivity contribution in [2.75, 3.05) is 5.73 Å². The third-order valence-corrected chi connectivity index (χ3v) is 1.76. The van der Waals surface area contributed by atoms with E-state index in [9.17, 15) is 9.18 Å². The lowest BCUT2D eigenvalue weighted by molar-refractivity contribution is 0.0697. The number of halogens is 1. The van der Waals surface area contributed by atoms with Crippen LogP contribution in [0.25, 0.3) is 0 Å². The molecule has 13 heavy (non-hydrogen) atoms. The molecule has 0 aliphatic heterocycles. The van der Waals surface area contributed by atoms with E-state index in [-0.39, 0.29) is 11.3 Å². The summed E-state index contributed by atoms with van der Waals surface area (Å²) in [6, 6.07) is 3.99. The van der Waals surface area contributed by atoms with Crippen LogP contribution in [0.3, 0.4) is 0 Å². The topological polar surface area (TPSA) is 63.3 Å². The highest BCUT2D eigenvalue weighted by molar-refractivity contribution is 5.89. The average Bonchev–Trinajstić information content (AvgIpc) is 2.03. The second-order valence-electron chi connectivity index (χ2n) is 2.76. The van der Waals surface area contributed by atoms with Crippen molar-refractivity contribution in [3.05, 3.63) is 29.3 Å². The predicted molar refractivity (Wildman–Crippen MR) is 47.3 cm³/mol. The Morgan fingerprint density at radius 1 is 1.62 bits per heavy atom. The molecule has 4 heteroatoms. The summed E-state index contributed by atoms with van der Waals surface area (Å²) in [7, 11) is 0. The first kappa shape index (κ1) is 9.51. The molecule has 0 heterocycles. The molecule has 0 saturated heterocycles.